The average Bonchev–Trinajstić information content (AvgIpc) is 3.51. The van der Waals surface area contributed by atoms with Crippen LogP contribution in [0.25, 0.3) is 0 Å². The summed E-state index contributed by atoms with van der Waals surface area (Å²) in [5.41, 5.74) is 4.22. The number of hydrogen-bond donors (Lipinski definition) is 1. The van der Waals surface area contributed by atoms with Crippen LogP contribution in [0.1, 0.15) is 48.8 Å². The first-order valence-corrected chi connectivity index (χ1v) is 13.6. The Morgan fingerprint density at radius 3 is 2.74 bits per heavy atom. The van der Waals surface area contributed by atoms with Crippen molar-refractivity contribution in [1.29, 1.82) is 0 Å². The first kappa shape index (κ1) is 24.3. The minimum absolute atomic E-state index is 0.0161. The molecule has 1 aliphatic carbocycles. The summed E-state index contributed by atoms with van der Waals surface area (Å²) < 4.78 is 6.29. The van der Waals surface area contributed by atoms with Crippen LogP contribution >= 0.6 is 0 Å². The van der Waals surface area contributed by atoms with Crippen molar-refractivity contribution in [1.82, 2.24) is 15.1 Å². The van der Waals surface area contributed by atoms with Crippen molar-refractivity contribution < 1.29 is 9.53 Å². The van der Waals surface area contributed by atoms with E-state index in [1.807, 2.05) is 0 Å². The molecule has 5 nitrogen and oxygen atoms in total. The van der Waals surface area contributed by atoms with E-state index in [4.69, 9.17) is 4.74 Å². The summed E-state index contributed by atoms with van der Waals surface area (Å²) in [6.07, 6.45) is 8.09. The highest BCUT2D eigenvalue weighted by molar-refractivity contribution is 5.79. The molecular formula is C30H41N3O2. The Kier molecular flexibility index (Phi) is 8.05. The van der Waals surface area contributed by atoms with E-state index in [-0.39, 0.29) is 11.8 Å². The number of benzene rings is 2. The molecule has 2 aromatic rings. The van der Waals surface area contributed by atoms with Gasteiger partial charge in [-0.1, -0.05) is 36.4 Å². The van der Waals surface area contributed by atoms with Crippen LogP contribution in [-0.4, -0.2) is 61.6 Å². The van der Waals surface area contributed by atoms with Crippen molar-refractivity contribution in [2.75, 3.05) is 39.8 Å². The van der Waals surface area contributed by atoms with Crippen LogP contribution in [0.4, 0.5) is 0 Å². The van der Waals surface area contributed by atoms with E-state index >= 15 is 0 Å². The van der Waals surface area contributed by atoms with Crippen LogP contribution < -0.4 is 10.1 Å². The molecule has 5 rings (SSSR count). The van der Waals surface area contributed by atoms with Crippen LogP contribution in [0.15, 0.2) is 48.5 Å². The highest BCUT2D eigenvalue weighted by Gasteiger charge is 2.32. The molecule has 0 bridgehead atoms. The van der Waals surface area contributed by atoms with Crippen molar-refractivity contribution >= 4 is 5.91 Å². The van der Waals surface area contributed by atoms with Crippen molar-refractivity contribution in [3.63, 3.8) is 0 Å². The molecule has 3 aliphatic rings. The van der Waals surface area contributed by atoms with Crippen molar-refractivity contribution in [3.05, 3.63) is 65.2 Å². The first-order valence-electron chi connectivity index (χ1n) is 13.6. The third kappa shape index (κ3) is 6.45. The predicted molar refractivity (Wildman–Crippen MR) is 141 cm³/mol. The maximum atomic E-state index is 13.2. The second-order valence-corrected chi connectivity index (χ2v) is 10.9. The summed E-state index contributed by atoms with van der Waals surface area (Å²) in [7, 11) is 2.20. The summed E-state index contributed by atoms with van der Waals surface area (Å²) in [5.74, 6) is 1.55. The van der Waals surface area contributed by atoms with Gasteiger partial charge in [-0.15, -0.1) is 0 Å². The number of nitrogens with zero attached hydrogens (tertiary/aromatic N) is 2. The molecule has 1 amide bonds. The van der Waals surface area contributed by atoms with Gasteiger partial charge in [0.1, 0.15) is 5.75 Å². The lowest BCUT2D eigenvalue weighted by molar-refractivity contribution is -0.127. The Labute approximate surface area is 210 Å². The van der Waals surface area contributed by atoms with E-state index in [2.05, 4.69) is 70.7 Å². The lowest BCUT2D eigenvalue weighted by atomic mass is 9.88. The third-order valence-corrected chi connectivity index (χ3v) is 8.24. The Morgan fingerprint density at radius 1 is 1.06 bits per heavy atom. The van der Waals surface area contributed by atoms with Crippen LogP contribution in [0, 0.1) is 11.8 Å². The molecule has 3 atom stereocenters. The Balaban J connectivity index is 1.19. The first-order chi connectivity index (χ1) is 17.1. The Hall–Kier alpha value is -2.37. The quantitative estimate of drug-likeness (QED) is 0.588. The molecule has 188 valence electrons. The maximum absolute atomic E-state index is 13.2. The number of fused-ring (bicyclic) bond motifs is 1. The van der Waals surface area contributed by atoms with Gasteiger partial charge in [0.15, 0.2) is 0 Å². The van der Waals surface area contributed by atoms with Gasteiger partial charge in [0.25, 0.3) is 0 Å². The number of likely N-dealkylation sites (tertiary alicyclic amines) is 2. The van der Waals surface area contributed by atoms with Gasteiger partial charge in [-0.3, -0.25) is 9.69 Å². The smallest absolute Gasteiger partial charge is 0.224 e. The molecule has 5 heteroatoms. The summed E-state index contributed by atoms with van der Waals surface area (Å²) in [6.45, 7) is 5.30. The molecule has 35 heavy (non-hydrogen) atoms. The summed E-state index contributed by atoms with van der Waals surface area (Å²) >= 11 is 0. The fraction of sp³-hybridized carbons (Fsp3) is 0.567. The summed E-state index contributed by atoms with van der Waals surface area (Å²) in [4.78, 5) is 18.1. The number of nitrogens with one attached hydrogen (secondary N) is 1. The minimum atomic E-state index is 0.0161. The number of hydrogen-bond acceptors (Lipinski definition) is 4. The van der Waals surface area contributed by atoms with E-state index in [0.29, 0.717) is 18.6 Å². The molecule has 0 saturated carbocycles. The highest BCUT2D eigenvalue weighted by Crippen LogP contribution is 2.28. The maximum Gasteiger partial charge on any atom is 0.224 e. The molecule has 2 saturated heterocycles. The van der Waals surface area contributed by atoms with Crippen molar-refractivity contribution in [2.45, 2.75) is 57.5 Å². The van der Waals surface area contributed by atoms with Gasteiger partial charge < -0.3 is 15.0 Å². The summed E-state index contributed by atoms with van der Waals surface area (Å²) in [5, 5.41) is 3.27. The van der Waals surface area contributed by atoms with Crippen LogP contribution in [0.2, 0.25) is 0 Å². The number of piperidine rings is 1. The molecule has 2 heterocycles. The molecule has 0 spiro atoms. The van der Waals surface area contributed by atoms with Crippen LogP contribution in [-0.2, 0) is 24.2 Å². The van der Waals surface area contributed by atoms with Gasteiger partial charge in [-0.2, -0.15) is 0 Å². The van der Waals surface area contributed by atoms with Crippen molar-refractivity contribution in [3.8, 4) is 5.75 Å². The fourth-order valence-corrected chi connectivity index (χ4v) is 6.29. The SMILES string of the molecule is CN1CCC[C@@H]1CCNC(=O)[C@@H]1C[C@H](COc2ccc3c(c2)CCC3)CN(Cc2ccccc2)C1. The second kappa shape index (κ2) is 11.6. The largest absolute Gasteiger partial charge is 0.493 e. The number of ether oxygens (including phenoxy) is 1. The zero-order chi connectivity index (χ0) is 24.0. The van der Waals surface area contributed by atoms with Gasteiger partial charge in [-0.25, -0.2) is 0 Å². The Bertz CT molecular complexity index is 979. The number of rotatable bonds is 9. The number of aryl methyl sites for hydroxylation is 2. The summed E-state index contributed by atoms with van der Waals surface area (Å²) in [6, 6.07) is 17.8. The normalized spacial score (nSPS) is 24.9. The van der Waals surface area contributed by atoms with E-state index in [0.717, 1.165) is 44.8 Å². The zero-order valence-electron chi connectivity index (χ0n) is 21.3. The monoisotopic (exact) mass is 475 g/mol. The van der Waals surface area contributed by atoms with Gasteiger partial charge in [0, 0.05) is 38.1 Å². The van der Waals surface area contributed by atoms with Gasteiger partial charge in [0.05, 0.1) is 12.5 Å². The van der Waals surface area contributed by atoms with Gasteiger partial charge >= 0.3 is 0 Å². The standard InChI is InChI=1S/C30H41N3O2/c1-32-16-6-11-28(32)14-15-31-30(34)27-17-24(20-33(21-27)19-23-7-3-2-4-8-23)22-35-29-13-12-25-9-5-10-26(25)18-29/h2-4,7-8,12-13,18,24,27-28H,5-6,9-11,14-17,19-22H2,1H3,(H,31,34)/t24-,27+,28+/m0/s1. The van der Waals surface area contributed by atoms with E-state index < -0.39 is 0 Å². The number of carbonyl (C=O) groups is 1. The van der Waals surface area contributed by atoms with Crippen LogP contribution in [0.3, 0.4) is 0 Å². The lowest BCUT2D eigenvalue weighted by Crippen LogP contribution is -2.47. The van der Waals surface area contributed by atoms with Crippen LogP contribution in [0.5, 0.6) is 5.75 Å². The number of carbonyl (C=O) groups excluding carboxylic acids is 1. The highest BCUT2D eigenvalue weighted by atomic mass is 16.5. The molecule has 0 unspecified atom stereocenters. The average molecular weight is 476 g/mol. The van der Waals surface area contributed by atoms with E-state index in [1.54, 1.807) is 0 Å². The molecule has 2 aromatic carbocycles. The predicted octanol–water partition coefficient (Wildman–Crippen LogP) is 4.29. The molecule has 2 aliphatic heterocycles. The van der Waals surface area contributed by atoms with Gasteiger partial charge in [0.2, 0.25) is 5.91 Å². The second-order valence-electron chi connectivity index (χ2n) is 10.9. The fourth-order valence-electron chi connectivity index (χ4n) is 6.29. The molecular weight excluding hydrogens is 434 g/mol. The number of amides is 1. The minimum Gasteiger partial charge on any atom is -0.493 e. The van der Waals surface area contributed by atoms with E-state index in [9.17, 15) is 4.79 Å². The van der Waals surface area contributed by atoms with E-state index in [1.165, 1.54) is 55.3 Å². The topological polar surface area (TPSA) is 44.8 Å². The molecule has 0 radical (unpaired) electrons. The molecule has 0 aromatic heterocycles. The van der Waals surface area contributed by atoms with Gasteiger partial charge in [-0.05, 0) is 87.4 Å². The van der Waals surface area contributed by atoms with Crippen molar-refractivity contribution in [2.24, 2.45) is 11.8 Å². The molecule has 1 N–H and O–H groups in total. The molecule has 2 fully saturated rings. The third-order valence-electron chi connectivity index (χ3n) is 8.24. The lowest BCUT2D eigenvalue weighted by Gasteiger charge is -2.37. The zero-order valence-corrected chi connectivity index (χ0v) is 21.3. The Morgan fingerprint density at radius 2 is 1.91 bits per heavy atom.